The molecule has 0 radical (unpaired) electrons. The van der Waals surface area contributed by atoms with Crippen molar-refractivity contribution in [2.45, 2.75) is 32.7 Å². The summed E-state index contributed by atoms with van der Waals surface area (Å²) in [5.41, 5.74) is 3.01. The lowest BCUT2D eigenvalue weighted by Gasteiger charge is -2.15. The highest BCUT2D eigenvalue weighted by Crippen LogP contribution is 2.27. The van der Waals surface area contributed by atoms with Crippen LogP contribution in [-0.2, 0) is 10.7 Å². The third-order valence-electron chi connectivity index (χ3n) is 4.25. The number of fused-ring (bicyclic) bond motifs is 1. The number of unbranched alkanes of at least 4 members (excludes halogenated alkanes) is 1. The fourth-order valence-electron chi connectivity index (χ4n) is 2.91. The summed E-state index contributed by atoms with van der Waals surface area (Å²) in [5.74, 6) is -0.144. The van der Waals surface area contributed by atoms with Crippen LogP contribution in [0.4, 0.5) is 5.69 Å². The van der Waals surface area contributed by atoms with E-state index in [1.54, 1.807) is 29.2 Å². The van der Waals surface area contributed by atoms with Crippen molar-refractivity contribution in [3.05, 3.63) is 41.4 Å². The summed E-state index contributed by atoms with van der Waals surface area (Å²) >= 11 is 5.97. The molecule has 2 N–H and O–H groups in total. The smallest absolute Gasteiger partial charge is 0.254 e. The van der Waals surface area contributed by atoms with Crippen LogP contribution in [0.1, 0.15) is 37.0 Å². The lowest BCUT2D eigenvalue weighted by molar-refractivity contribution is 0.0953. The Morgan fingerprint density at radius 3 is 2.73 bits per heavy atom. The molecule has 0 aromatic carbocycles. The normalized spacial score (nSPS) is 11.4. The fourth-order valence-corrected chi connectivity index (χ4v) is 3.53. The molecular formula is C19H23ClN6O3S. The van der Waals surface area contributed by atoms with E-state index in [0.717, 1.165) is 5.56 Å². The molecule has 3 rings (SSSR count). The highest BCUT2D eigenvalue weighted by Gasteiger charge is 2.17. The molecule has 0 saturated heterocycles. The Bertz CT molecular complexity index is 1120. The van der Waals surface area contributed by atoms with Crippen molar-refractivity contribution in [3.8, 4) is 11.3 Å². The first kappa shape index (κ1) is 22.0. The van der Waals surface area contributed by atoms with Crippen molar-refractivity contribution in [1.29, 1.82) is 0 Å². The number of carbonyl (C=O) groups is 1. The van der Waals surface area contributed by atoms with Gasteiger partial charge in [0.15, 0.2) is 5.65 Å². The number of nitrogens with zero attached hydrogens (tertiary/aromatic N) is 4. The summed E-state index contributed by atoms with van der Waals surface area (Å²) in [6.07, 6.45) is 7.47. The van der Waals surface area contributed by atoms with Crippen LogP contribution in [0, 0.1) is 0 Å². The van der Waals surface area contributed by atoms with Gasteiger partial charge in [-0.3, -0.25) is 9.78 Å². The van der Waals surface area contributed by atoms with Crippen LogP contribution >= 0.6 is 11.6 Å². The summed E-state index contributed by atoms with van der Waals surface area (Å²) in [6, 6.07) is 1.89. The Hall–Kier alpha value is -2.72. The van der Waals surface area contributed by atoms with Crippen LogP contribution in [0.15, 0.2) is 30.9 Å². The van der Waals surface area contributed by atoms with Crippen LogP contribution < -0.4 is 10.6 Å². The summed E-state index contributed by atoms with van der Waals surface area (Å²) in [6.45, 7) is 4.35. The van der Waals surface area contributed by atoms with Gasteiger partial charge < -0.3 is 10.6 Å². The first-order chi connectivity index (χ1) is 14.3. The van der Waals surface area contributed by atoms with Crippen LogP contribution in [0.25, 0.3) is 16.9 Å². The van der Waals surface area contributed by atoms with Gasteiger partial charge in [0.05, 0.1) is 39.9 Å². The van der Waals surface area contributed by atoms with E-state index in [2.05, 4.69) is 25.7 Å². The number of halogens is 1. The number of anilines is 1. The maximum Gasteiger partial charge on any atom is 0.254 e. The van der Waals surface area contributed by atoms with E-state index in [1.165, 1.54) is 6.20 Å². The Labute approximate surface area is 180 Å². The van der Waals surface area contributed by atoms with Crippen molar-refractivity contribution in [2.75, 3.05) is 17.6 Å². The predicted octanol–water partition coefficient (Wildman–Crippen LogP) is 2.39. The van der Waals surface area contributed by atoms with Gasteiger partial charge in [0.25, 0.3) is 5.91 Å². The molecule has 0 saturated carbocycles. The minimum Gasteiger partial charge on any atom is -0.382 e. The topological polar surface area (TPSA) is 118 Å². The molecule has 160 valence electrons. The third kappa shape index (κ3) is 5.45. The zero-order valence-corrected chi connectivity index (χ0v) is 18.3. The highest BCUT2D eigenvalue weighted by molar-refractivity contribution is 7.72. The molecule has 0 bridgehead atoms. The van der Waals surface area contributed by atoms with E-state index in [-0.39, 0.29) is 17.7 Å². The van der Waals surface area contributed by atoms with E-state index in [1.807, 2.05) is 13.8 Å². The minimum atomic E-state index is -2.38. The molecule has 3 aromatic rings. The van der Waals surface area contributed by atoms with E-state index in [9.17, 15) is 13.2 Å². The fraction of sp³-hybridized carbons (Fsp3) is 0.368. The van der Waals surface area contributed by atoms with Crippen molar-refractivity contribution in [1.82, 2.24) is 24.9 Å². The van der Waals surface area contributed by atoms with Crippen molar-refractivity contribution in [3.63, 3.8) is 0 Å². The average Bonchev–Trinajstić information content (AvgIpc) is 3.09. The Morgan fingerprint density at radius 1 is 1.20 bits per heavy atom. The maximum atomic E-state index is 12.6. The Balaban J connectivity index is 1.83. The van der Waals surface area contributed by atoms with Crippen LogP contribution in [0.3, 0.4) is 0 Å². The molecule has 9 nitrogen and oxygen atoms in total. The first-order valence-electron chi connectivity index (χ1n) is 9.51. The molecular weight excluding hydrogens is 428 g/mol. The van der Waals surface area contributed by atoms with Crippen LogP contribution in [0.2, 0.25) is 5.02 Å². The monoisotopic (exact) mass is 450 g/mol. The average molecular weight is 451 g/mol. The van der Waals surface area contributed by atoms with E-state index >= 15 is 0 Å². The van der Waals surface area contributed by atoms with Gasteiger partial charge in [0.2, 0.25) is 0 Å². The van der Waals surface area contributed by atoms with Crippen LogP contribution in [0.5, 0.6) is 0 Å². The number of rotatable bonds is 9. The van der Waals surface area contributed by atoms with Gasteiger partial charge in [-0.25, -0.2) is 17.9 Å². The van der Waals surface area contributed by atoms with Gasteiger partial charge in [-0.1, -0.05) is 11.6 Å². The molecule has 0 spiro atoms. The molecule has 3 aromatic heterocycles. The number of nitrogens with one attached hydrogen (secondary N) is 2. The molecule has 0 unspecified atom stereocenters. The van der Waals surface area contributed by atoms with Crippen molar-refractivity contribution in [2.24, 2.45) is 0 Å². The van der Waals surface area contributed by atoms with Gasteiger partial charge in [-0.15, -0.1) is 0 Å². The third-order valence-corrected chi connectivity index (χ3v) is 5.12. The standard InChI is InChI=1S/C19H23ClN6O3S/c1-12(2)25-17-7-16(14-10-24-26-11-13(20)8-23-18(14)26)22-9-15(17)19(27)21-5-3-4-6-30(28)29/h7-12,30H,3-6H2,1-2H3,(H,21,27)(H,22,25). The lowest BCUT2D eigenvalue weighted by atomic mass is 10.1. The quantitative estimate of drug-likeness (QED) is 0.338. The molecule has 0 aliphatic rings. The number of pyridine rings is 1. The Kier molecular flexibility index (Phi) is 7.22. The maximum absolute atomic E-state index is 12.6. The van der Waals surface area contributed by atoms with E-state index < -0.39 is 10.7 Å². The summed E-state index contributed by atoms with van der Waals surface area (Å²) in [4.78, 5) is 21.4. The second kappa shape index (κ2) is 9.86. The van der Waals surface area contributed by atoms with Gasteiger partial charge >= 0.3 is 0 Å². The number of thiol groups is 1. The first-order valence-corrected chi connectivity index (χ1v) is 11.2. The second-order valence-corrected chi connectivity index (χ2v) is 8.58. The summed E-state index contributed by atoms with van der Waals surface area (Å²) < 4.78 is 22.8. The molecule has 11 heteroatoms. The second-order valence-electron chi connectivity index (χ2n) is 7.03. The molecule has 0 fully saturated rings. The van der Waals surface area contributed by atoms with Crippen molar-refractivity contribution < 1.29 is 13.2 Å². The zero-order chi connectivity index (χ0) is 21.7. The molecule has 1 amide bonds. The number of hydrogen-bond acceptors (Lipinski definition) is 7. The van der Waals surface area contributed by atoms with Gasteiger partial charge in [-0.05, 0) is 32.8 Å². The lowest BCUT2D eigenvalue weighted by Crippen LogP contribution is -2.26. The van der Waals surface area contributed by atoms with Crippen LogP contribution in [-0.4, -0.2) is 52.2 Å². The largest absolute Gasteiger partial charge is 0.382 e. The summed E-state index contributed by atoms with van der Waals surface area (Å²) in [5, 5.41) is 10.8. The molecule has 0 atom stereocenters. The van der Waals surface area contributed by atoms with Gasteiger partial charge in [0, 0.05) is 30.7 Å². The molecule has 30 heavy (non-hydrogen) atoms. The number of hydrogen-bond donors (Lipinski definition) is 3. The molecule has 3 heterocycles. The van der Waals surface area contributed by atoms with Crippen molar-refractivity contribution >= 4 is 39.5 Å². The number of aromatic nitrogens is 4. The molecule has 0 aliphatic carbocycles. The molecule has 0 aliphatic heterocycles. The zero-order valence-electron chi connectivity index (χ0n) is 16.6. The Morgan fingerprint density at radius 2 is 2.00 bits per heavy atom. The summed E-state index contributed by atoms with van der Waals surface area (Å²) in [7, 11) is -2.38. The van der Waals surface area contributed by atoms with E-state index in [0.29, 0.717) is 47.0 Å². The minimum absolute atomic E-state index is 0.0981. The predicted molar refractivity (Wildman–Crippen MR) is 117 cm³/mol. The van der Waals surface area contributed by atoms with E-state index in [4.69, 9.17) is 11.6 Å². The van der Waals surface area contributed by atoms with Gasteiger partial charge in [0.1, 0.15) is 10.7 Å². The highest BCUT2D eigenvalue weighted by atomic mass is 35.5. The SMILES string of the molecule is CC(C)Nc1cc(-c2cnn3cc(Cl)cnc23)ncc1C(=O)NCCCC[SH](=O)=O. The van der Waals surface area contributed by atoms with Gasteiger partial charge in [-0.2, -0.15) is 5.10 Å². The number of amides is 1. The number of carbonyl (C=O) groups excluding carboxylic acids is 1.